The molecule has 24 heavy (non-hydrogen) atoms. The third-order valence-corrected chi connectivity index (χ3v) is 5.43. The fraction of sp³-hybridized carbons (Fsp3) is 0.579. The Kier molecular flexibility index (Phi) is 5.77. The van der Waals surface area contributed by atoms with Crippen LogP contribution in [0, 0.1) is 5.92 Å². The lowest BCUT2D eigenvalue weighted by Gasteiger charge is -2.41. The monoisotopic (exact) mass is 349 g/mol. The summed E-state index contributed by atoms with van der Waals surface area (Å²) in [6.07, 6.45) is 5.46. The number of Topliss-reactive ketones (excluding diaryl/α,β-unsaturated/α-hetero) is 1. The number of amides is 1. The maximum absolute atomic E-state index is 13.1. The largest absolute Gasteiger partial charge is 0.433 e. The molecule has 0 aromatic heterocycles. The van der Waals surface area contributed by atoms with Gasteiger partial charge in [0.2, 0.25) is 0 Å². The number of hydrogen-bond donors (Lipinski definition) is 0. The van der Waals surface area contributed by atoms with Crippen LogP contribution < -0.4 is 0 Å². The Morgan fingerprint density at radius 3 is 2.50 bits per heavy atom. The van der Waals surface area contributed by atoms with Crippen LogP contribution in [0.3, 0.4) is 0 Å². The lowest BCUT2D eigenvalue weighted by Crippen LogP contribution is -2.50. The Balaban J connectivity index is 1.90. The average molecular weight is 350 g/mol. The molecule has 0 spiro atoms. The van der Waals surface area contributed by atoms with Gasteiger partial charge in [0.1, 0.15) is 5.78 Å². The zero-order valence-corrected chi connectivity index (χ0v) is 14.6. The maximum Gasteiger partial charge on any atom is 0.411 e. The third-order valence-electron chi connectivity index (χ3n) is 5.32. The fourth-order valence-electron chi connectivity index (χ4n) is 3.84. The SMILES string of the molecule is O=C(C1CCC1)C(c1ccccc1)C1CCCCN1C(=O)OCCl. The molecule has 4 nitrogen and oxygen atoms in total. The molecular formula is C19H24ClNO3. The van der Waals surface area contributed by atoms with Crippen molar-refractivity contribution in [2.45, 2.75) is 50.5 Å². The van der Waals surface area contributed by atoms with Crippen LogP contribution in [0.1, 0.15) is 50.0 Å². The van der Waals surface area contributed by atoms with Crippen LogP contribution in [-0.2, 0) is 9.53 Å². The van der Waals surface area contributed by atoms with Crippen molar-refractivity contribution in [3.63, 3.8) is 0 Å². The van der Waals surface area contributed by atoms with Gasteiger partial charge in [-0.25, -0.2) is 4.79 Å². The van der Waals surface area contributed by atoms with E-state index in [4.69, 9.17) is 16.3 Å². The number of alkyl halides is 1. The molecule has 130 valence electrons. The summed E-state index contributed by atoms with van der Waals surface area (Å²) in [6, 6.07) is 9.58. The molecule has 0 N–H and O–H groups in total. The molecule has 2 fully saturated rings. The minimum atomic E-state index is -0.406. The van der Waals surface area contributed by atoms with Crippen LogP contribution in [0.15, 0.2) is 30.3 Å². The van der Waals surface area contributed by atoms with E-state index >= 15 is 0 Å². The number of carbonyl (C=O) groups excluding carboxylic acids is 2. The highest BCUT2D eigenvalue weighted by molar-refractivity contribution is 6.17. The normalized spacial score (nSPS) is 22.5. The van der Waals surface area contributed by atoms with E-state index in [-0.39, 0.29) is 29.7 Å². The van der Waals surface area contributed by atoms with Crippen molar-refractivity contribution in [1.82, 2.24) is 4.90 Å². The van der Waals surface area contributed by atoms with Crippen LogP contribution >= 0.6 is 11.6 Å². The minimum Gasteiger partial charge on any atom is -0.433 e. The van der Waals surface area contributed by atoms with Crippen molar-refractivity contribution in [2.24, 2.45) is 5.92 Å². The lowest BCUT2D eigenvalue weighted by molar-refractivity contribution is -0.128. The van der Waals surface area contributed by atoms with Gasteiger partial charge in [-0.3, -0.25) is 4.79 Å². The molecule has 5 heteroatoms. The summed E-state index contributed by atoms with van der Waals surface area (Å²) in [5, 5.41) is 0. The molecule has 1 amide bonds. The highest BCUT2D eigenvalue weighted by atomic mass is 35.5. The molecule has 1 aliphatic carbocycles. The van der Waals surface area contributed by atoms with Crippen LogP contribution in [0.4, 0.5) is 4.79 Å². The van der Waals surface area contributed by atoms with Gasteiger partial charge in [-0.2, -0.15) is 0 Å². The first-order chi connectivity index (χ1) is 11.7. The van der Waals surface area contributed by atoms with Crippen molar-refractivity contribution >= 4 is 23.5 Å². The predicted octanol–water partition coefficient (Wildman–Crippen LogP) is 4.33. The van der Waals surface area contributed by atoms with Crippen LogP contribution in [0.5, 0.6) is 0 Å². The summed E-state index contributed by atoms with van der Waals surface area (Å²) >= 11 is 5.57. The second-order valence-electron chi connectivity index (χ2n) is 6.69. The van der Waals surface area contributed by atoms with Gasteiger partial charge < -0.3 is 9.64 Å². The summed E-state index contributed by atoms with van der Waals surface area (Å²) in [5.74, 6) is 0.158. The Bertz CT molecular complexity index is 573. The maximum atomic E-state index is 13.1. The molecule has 1 heterocycles. The highest BCUT2D eigenvalue weighted by Crippen LogP contribution is 2.38. The summed E-state index contributed by atoms with van der Waals surface area (Å²) in [7, 11) is 0. The van der Waals surface area contributed by atoms with Gasteiger partial charge in [-0.05, 0) is 37.7 Å². The summed E-state index contributed by atoms with van der Waals surface area (Å²) in [6.45, 7) is 0.627. The highest BCUT2D eigenvalue weighted by Gasteiger charge is 2.41. The standard InChI is InChI=1S/C19H24ClNO3/c20-13-24-19(23)21-12-5-4-11-16(21)17(14-7-2-1-3-8-14)18(22)15-9-6-10-15/h1-3,7-8,15-17H,4-6,9-13H2. The quantitative estimate of drug-likeness (QED) is 0.743. The van der Waals surface area contributed by atoms with Crippen LogP contribution in [-0.4, -0.2) is 35.4 Å². The van der Waals surface area contributed by atoms with E-state index in [2.05, 4.69) is 0 Å². The average Bonchev–Trinajstić information content (AvgIpc) is 2.55. The van der Waals surface area contributed by atoms with Crippen molar-refractivity contribution in [3.05, 3.63) is 35.9 Å². The zero-order chi connectivity index (χ0) is 16.9. The first kappa shape index (κ1) is 17.3. The number of hydrogen-bond acceptors (Lipinski definition) is 3. The van der Waals surface area contributed by atoms with Gasteiger partial charge in [0.05, 0.1) is 5.92 Å². The number of benzene rings is 1. The number of piperidine rings is 1. The number of likely N-dealkylation sites (tertiary alicyclic amines) is 1. The molecule has 3 rings (SSSR count). The van der Waals surface area contributed by atoms with Crippen molar-refractivity contribution < 1.29 is 14.3 Å². The summed E-state index contributed by atoms with van der Waals surface area (Å²) in [4.78, 5) is 27.2. The van der Waals surface area contributed by atoms with Crippen molar-refractivity contribution in [2.75, 3.05) is 12.6 Å². The molecular weight excluding hydrogens is 326 g/mol. The van der Waals surface area contributed by atoms with Crippen molar-refractivity contribution in [1.29, 1.82) is 0 Å². The van der Waals surface area contributed by atoms with Gasteiger partial charge in [0, 0.05) is 18.5 Å². The lowest BCUT2D eigenvalue weighted by atomic mass is 9.72. The number of ether oxygens (including phenoxy) is 1. The van der Waals surface area contributed by atoms with Crippen molar-refractivity contribution in [3.8, 4) is 0 Å². The van der Waals surface area contributed by atoms with Gasteiger partial charge >= 0.3 is 6.09 Å². The fourth-order valence-corrected chi connectivity index (χ4v) is 3.94. The van der Waals surface area contributed by atoms with Gasteiger partial charge in [-0.1, -0.05) is 48.4 Å². The molecule has 1 aliphatic heterocycles. The molecule has 2 unspecified atom stereocenters. The smallest absolute Gasteiger partial charge is 0.411 e. The minimum absolute atomic E-state index is 0.134. The van der Waals surface area contributed by atoms with E-state index in [1.807, 2.05) is 30.3 Å². The summed E-state index contributed by atoms with van der Waals surface area (Å²) < 4.78 is 5.02. The number of rotatable bonds is 5. The molecule has 1 aromatic carbocycles. The van der Waals surface area contributed by atoms with Gasteiger partial charge in [-0.15, -0.1) is 0 Å². The molecule has 1 saturated heterocycles. The van der Waals surface area contributed by atoms with E-state index in [0.717, 1.165) is 44.1 Å². The Hall–Kier alpha value is -1.55. The molecule has 0 radical (unpaired) electrons. The number of carbonyl (C=O) groups is 2. The topological polar surface area (TPSA) is 46.6 Å². The van der Waals surface area contributed by atoms with Gasteiger partial charge in [0.25, 0.3) is 0 Å². The second-order valence-corrected chi connectivity index (χ2v) is 6.91. The van der Waals surface area contributed by atoms with E-state index in [1.54, 1.807) is 4.90 Å². The van der Waals surface area contributed by atoms with Crippen LogP contribution in [0.2, 0.25) is 0 Å². The number of nitrogens with zero attached hydrogens (tertiary/aromatic N) is 1. The Labute approximate surface area is 148 Å². The predicted molar refractivity (Wildman–Crippen MR) is 93.1 cm³/mol. The number of halogens is 1. The second kappa shape index (κ2) is 8.02. The van der Waals surface area contributed by atoms with Crippen LogP contribution in [0.25, 0.3) is 0 Å². The molecule has 1 aromatic rings. The zero-order valence-electron chi connectivity index (χ0n) is 13.8. The first-order valence-corrected chi connectivity index (χ1v) is 9.34. The van der Waals surface area contributed by atoms with E-state index in [9.17, 15) is 9.59 Å². The van der Waals surface area contributed by atoms with Gasteiger partial charge in [0.15, 0.2) is 6.07 Å². The van der Waals surface area contributed by atoms with E-state index in [1.165, 1.54) is 0 Å². The molecule has 2 aliphatic rings. The Morgan fingerprint density at radius 2 is 1.88 bits per heavy atom. The Morgan fingerprint density at radius 1 is 1.12 bits per heavy atom. The first-order valence-electron chi connectivity index (χ1n) is 8.80. The molecule has 1 saturated carbocycles. The van der Waals surface area contributed by atoms with E-state index < -0.39 is 6.09 Å². The third kappa shape index (κ3) is 3.59. The van der Waals surface area contributed by atoms with E-state index in [0.29, 0.717) is 6.54 Å². The number of ketones is 1. The molecule has 2 atom stereocenters. The molecule has 0 bridgehead atoms. The summed E-state index contributed by atoms with van der Waals surface area (Å²) in [5.41, 5.74) is 1.00.